The van der Waals surface area contributed by atoms with Gasteiger partial charge in [0.1, 0.15) is 0 Å². The second kappa shape index (κ2) is 6.78. The number of hydrogen-bond donors (Lipinski definition) is 1. The van der Waals surface area contributed by atoms with Crippen LogP contribution in [0.1, 0.15) is 36.7 Å². The SMILES string of the molecule is C/C(=N/Nc1nc(C)cc(C)n1)c1cccc(N2CCCC2=O)c1. The molecule has 1 aliphatic rings. The van der Waals surface area contributed by atoms with Crippen molar-refractivity contribution in [1.82, 2.24) is 9.97 Å². The van der Waals surface area contributed by atoms with Crippen LogP contribution in [0.4, 0.5) is 11.6 Å². The van der Waals surface area contributed by atoms with Crippen LogP contribution >= 0.6 is 0 Å². The molecule has 1 fully saturated rings. The highest BCUT2D eigenvalue weighted by Crippen LogP contribution is 2.22. The molecule has 0 spiro atoms. The zero-order valence-corrected chi connectivity index (χ0v) is 14.2. The highest BCUT2D eigenvalue weighted by atomic mass is 16.2. The molecule has 0 unspecified atom stereocenters. The highest BCUT2D eigenvalue weighted by molar-refractivity contribution is 6.01. The van der Waals surface area contributed by atoms with Crippen molar-refractivity contribution in [3.63, 3.8) is 0 Å². The van der Waals surface area contributed by atoms with E-state index in [1.807, 2.05) is 56.0 Å². The van der Waals surface area contributed by atoms with Crippen LogP contribution in [-0.4, -0.2) is 28.1 Å². The number of carbonyl (C=O) groups is 1. The molecule has 1 amide bonds. The first kappa shape index (κ1) is 16.1. The quantitative estimate of drug-likeness (QED) is 0.693. The topological polar surface area (TPSA) is 70.5 Å². The molecule has 0 atom stereocenters. The van der Waals surface area contributed by atoms with Crippen molar-refractivity contribution in [1.29, 1.82) is 0 Å². The van der Waals surface area contributed by atoms with Gasteiger partial charge in [0, 0.05) is 30.0 Å². The maximum absolute atomic E-state index is 11.9. The van der Waals surface area contributed by atoms with Gasteiger partial charge in [-0.25, -0.2) is 15.4 Å². The molecule has 1 N–H and O–H groups in total. The van der Waals surface area contributed by atoms with Crippen LogP contribution in [0.5, 0.6) is 0 Å². The van der Waals surface area contributed by atoms with Gasteiger partial charge in [0.25, 0.3) is 0 Å². The number of nitrogens with one attached hydrogen (secondary N) is 1. The second-order valence-corrected chi connectivity index (χ2v) is 5.98. The summed E-state index contributed by atoms with van der Waals surface area (Å²) < 4.78 is 0. The van der Waals surface area contributed by atoms with Gasteiger partial charge >= 0.3 is 0 Å². The second-order valence-electron chi connectivity index (χ2n) is 5.98. The Morgan fingerprint density at radius 2 is 1.96 bits per heavy atom. The van der Waals surface area contributed by atoms with Crippen molar-refractivity contribution in [2.24, 2.45) is 5.10 Å². The van der Waals surface area contributed by atoms with Gasteiger partial charge in [-0.2, -0.15) is 5.10 Å². The van der Waals surface area contributed by atoms with Crippen LogP contribution in [0.3, 0.4) is 0 Å². The van der Waals surface area contributed by atoms with E-state index in [1.54, 1.807) is 0 Å². The van der Waals surface area contributed by atoms with Gasteiger partial charge in [-0.3, -0.25) is 4.79 Å². The third-order valence-corrected chi connectivity index (χ3v) is 3.95. The normalized spacial score (nSPS) is 15.0. The number of aryl methyl sites for hydroxylation is 2. The van der Waals surface area contributed by atoms with Crippen molar-refractivity contribution < 1.29 is 4.79 Å². The summed E-state index contributed by atoms with van der Waals surface area (Å²) in [5, 5.41) is 4.37. The van der Waals surface area contributed by atoms with Crippen molar-refractivity contribution in [2.45, 2.75) is 33.6 Å². The van der Waals surface area contributed by atoms with Crippen molar-refractivity contribution in [2.75, 3.05) is 16.9 Å². The summed E-state index contributed by atoms with van der Waals surface area (Å²) >= 11 is 0. The van der Waals surface area contributed by atoms with Gasteiger partial charge in [0.2, 0.25) is 11.9 Å². The molecule has 2 heterocycles. The van der Waals surface area contributed by atoms with Gasteiger partial charge in [0.05, 0.1) is 5.71 Å². The van der Waals surface area contributed by atoms with Gasteiger partial charge in [0.15, 0.2) is 0 Å². The molecule has 0 bridgehead atoms. The number of amides is 1. The molecule has 6 nitrogen and oxygen atoms in total. The molecule has 1 aliphatic heterocycles. The van der Waals surface area contributed by atoms with E-state index >= 15 is 0 Å². The monoisotopic (exact) mass is 323 g/mol. The minimum absolute atomic E-state index is 0.184. The maximum Gasteiger partial charge on any atom is 0.243 e. The first-order valence-corrected chi connectivity index (χ1v) is 8.06. The largest absolute Gasteiger partial charge is 0.312 e. The summed E-state index contributed by atoms with van der Waals surface area (Å²) in [4.78, 5) is 22.3. The van der Waals surface area contributed by atoms with Crippen LogP contribution in [0.2, 0.25) is 0 Å². The number of anilines is 2. The Morgan fingerprint density at radius 3 is 2.62 bits per heavy atom. The molecule has 3 rings (SSSR count). The fourth-order valence-electron chi connectivity index (χ4n) is 2.79. The van der Waals surface area contributed by atoms with Crippen molar-refractivity contribution in [3.05, 3.63) is 47.3 Å². The van der Waals surface area contributed by atoms with E-state index in [9.17, 15) is 4.79 Å². The Balaban J connectivity index is 1.79. The molecule has 2 aromatic rings. The molecule has 1 aromatic heterocycles. The third kappa shape index (κ3) is 3.59. The predicted molar refractivity (Wildman–Crippen MR) is 95.4 cm³/mol. The number of nitrogens with zero attached hydrogens (tertiary/aromatic N) is 4. The van der Waals surface area contributed by atoms with Crippen LogP contribution in [0.25, 0.3) is 0 Å². The lowest BCUT2D eigenvalue weighted by Crippen LogP contribution is -2.23. The number of carbonyl (C=O) groups excluding carboxylic acids is 1. The van der Waals surface area contributed by atoms with Gasteiger partial charge in [-0.1, -0.05) is 12.1 Å². The first-order chi connectivity index (χ1) is 11.5. The van der Waals surface area contributed by atoms with E-state index in [0.717, 1.165) is 41.3 Å². The molecule has 0 radical (unpaired) electrons. The van der Waals surface area contributed by atoms with Gasteiger partial charge < -0.3 is 4.90 Å². The summed E-state index contributed by atoms with van der Waals surface area (Å²) in [6.45, 7) is 6.55. The minimum atomic E-state index is 0.184. The van der Waals surface area contributed by atoms with E-state index in [-0.39, 0.29) is 5.91 Å². The molecule has 0 aliphatic carbocycles. The summed E-state index contributed by atoms with van der Waals surface area (Å²) in [6.07, 6.45) is 1.55. The van der Waals surface area contributed by atoms with E-state index in [1.165, 1.54) is 0 Å². The number of rotatable bonds is 4. The lowest BCUT2D eigenvalue weighted by molar-refractivity contribution is -0.117. The molecule has 1 saturated heterocycles. The molecular formula is C18H21N5O. The van der Waals surface area contributed by atoms with E-state index < -0.39 is 0 Å². The minimum Gasteiger partial charge on any atom is -0.312 e. The Hall–Kier alpha value is -2.76. The average Bonchev–Trinajstić information content (AvgIpc) is 2.98. The maximum atomic E-state index is 11.9. The highest BCUT2D eigenvalue weighted by Gasteiger charge is 2.21. The van der Waals surface area contributed by atoms with E-state index in [2.05, 4.69) is 20.5 Å². The fraction of sp³-hybridized carbons (Fsp3) is 0.333. The molecule has 1 aromatic carbocycles. The van der Waals surface area contributed by atoms with Crippen LogP contribution < -0.4 is 10.3 Å². The Kier molecular flexibility index (Phi) is 4.55. The summed E-state index contributed by atoms with van der Waals surface area (Å²) in [7, 11) is 0. The lowest BCUT2D eigenvalue weighted by Gasteiger charge is -2.16. The number of aromatic nitrogens is 2. The molecule has 24 heavy (non-hydrogen) atoms. The number of benzene rings is 1. The molecule has 124 valence electrons. The fourth-order valence-corrected chi connectivity index (χ4v) is 2.79. The summed E-state index contributed by atoms with van der Waals surface area (Å²) in [6, 6.07) is 9.79. The van der Waals surface area contributed by atoms with E-state index in [4.69, 9.17) is 0 Å². The van der Waals surface area contributed by atoms with Gasteiger partial charge in [-0.15, -0.1) is 0 Å². The van der Waals surface area contributed by atoms with Crippen LogP contribution in [0, 0.1) is 13.8 Å². The number of hydrogen-bond acceptors (Lipinski definition) is 5. The average molecular weight is 323 g/mol. The Labute approximate surface area is 141 Å². The van der Waals surface area contributed by atoms with Crippen molar-refractivity contribution in [3.8, 4) is 0 Å². The summed E-state index contributed by atoms with van der Waals surface area (Å²) in [5.41, 5.74) is 7.40. The van der Waals surface area contributed by atoms with E-state index in [0.29, 0.717) is 12.4 Å². The Morgan fingerprint density at radius 1 is 1.21 bits per heavy atom. The van der Waals surface area contributed by atoms with Crippen LogP contribution in [-0.2, 0) is 4.79 Å². The number of hydrazone groups is 1. The zero-order valence-electron chi connectivity index (χ0n) is 14.2. The summed E-state index contributed by atoms with van der Waals surface area (Å²) in [5.74, 6) is 0.668. The predicted octanol–water partition coefficient (Wildman–Crippen LogP) is 3.06. The van der Waals surface area contributed by atoms with Crippen molar-refractivity contribution >= 4 is 23.3 Å². The smallest absolute Gasteiger partial charge is 0.243 e. The standard InChI is InChI=1S/C18H21N5O/c1-12-10-13(2)20-18(19-12)22-21-14(3)15-6-4-7-16(11-15)23-9-5-8-17(23)24/h4,6-7,10-11H,5,8-9H2,1-3H3,(H,19,20,22)/b21-14-. The Bertz CT molecular complexity index is 779. The third-order valence-electron chi connectivity index (χ3n) is 3.95. The first-order valence-electron chi connectivity index (χ1n) is 8.06. The molecule has 0 saturated carbocycles. The molecular weight excluding hydrogens is 302 g/mol. The van der Waals surface area contributed by atoms with Crippen LogP contribution in [0.15, 0.2) is 35.4 Å². The zero-order chi connectivity index (χ0) is 17.1. The lowest BCUT2D eigenvalue weighted by atomic mass is 10.1. The molecule has 6 heteroatoms. The van der Waals surface area contributed by atoms with Gasteiger partial charge in [-0.05, 0) is 51.0 Å².